The molecule has 1 aromatic heterocycles. The van der Waals surface area contributed by atoms with E-state index >= 15 is 0 Å². The highest BCUT2D eigenvalue weighted by Crippen LogP contribution is 2.48. The lowest BCUT2D eigenvalue weighted by Gasteiger charge is -2.58. The van der Waals surface area contributed by atoms with E-state index in [0.29, 0.717) is 11.8 Å². The summed E-state index contributed by atoms with van der Waals surface area (Å²) in [7, 11) is 0. The van der Waals surface area contributed by atoms with Gasteiger partial charge in [-0.25, -0.2) is 0 Å². The molecule has 0 saturated carbocycles. The van der Waals surface area contributed by atoms with E-state index in [2.05, 4.69) is 35.8 Å². The van der Waals surface area contributed by atoms with Crippen molar-refractivity contribution in [2.75, 3.05) is 13.1 Å². The fourth-order valence-corrected chi connectivity index (χ4v) is 6.18. The number of hydrogen-bond donors (Lipinski definition) is 1. The maximum Gasteiger partial charge on any atom is 0.131 e. The van der Waals surface area contributed by atoms with Gasteiger partial charge < -0.3 is 9.59 Å². The molecule has 3 aliphatic heterocycles. The molecule has 0 aliphatic carbocycles. The Kier molecular flexibility index (Phi) is 5.14. The zero-order valence-corrected chi connectivity index (χ0v) is 17.9. The molecule has 3 aromatic rings. The number of nitrogens with zero attached hydrogens (tertiary/aromatic N) is 2. The van der Waals surface area contributed by atoms with Gasteiger partial charge in [0.25, 0.3) is 0 Å². The first-order valence-corrected chi connectivity index (χ1v) is 11.2. The molecule has 3 fully saturated rings. The molecule has 1 N–H and O–H groups in total. The lowest BCUT2D eigenvalue weighted by Crippen LogP contribution is -2.67. The third kappa shape index (κ3) is 3.35. The predicted octanol–water partition coefficient (Wildman–Crippen LogP) is 5.53. The fourth-order valence-electron chi connectivity index (χ4n) is 5.96. The SMILES string of the molecule is C=C[C@H]1C[N+]2(Cc3cccc(Cl)c3)CC[C@H]1C[C@@H]2[C@@H](O)c1ccnc2ccccc12. The van der Waals surface area contributed by atoms with E-state index in [9.17, 15) is 5.11 Å². The molecule has 1 unspecified atom stereocenters. The lowest BCUT2D eigenvalue weighted by molar-refractivity contribution is -0.984. The van der Waals surface area contributed by atoms with Crippen LogP contribution in [0.5, 0.6) is 0 Å². The highest BCUT2D eigenvalue weighted by atomic mass is 35.5. The van der Waals surface area contributed by atoms with Crippen LogP contribution in [0.15, 0.2) is 73.4 Å². The first-order valence-electron chi connectivity index (χ1n) is 10.8. The molecule has 2 aromatic carbocycles. The van der Waals surface area contributed by atoms with E-state index in [1.807, 2.05) is 42.6 Å². The summed E-state index contributed by atoms with van der Waals surface area (Å²) < 4.78 is 0.894. The number of fused-ring (bicyclic) bond motifs is 4. The molecule has 3 saturated heterocycles. The maximum absolute atomic E-state index is 11.7. The fraction of sp³-hybridized carbons (Fsp3) is 0.346. The molecule has 30 heavy (non-hydrogen) atoms. The minimum atomic E-state index is -0.523. The van der Waals surface area contributed by atoms with E-state index < -0.39 is 6.10 Å². The molecule has 4 heteroatoms. The number of halogens is 1. The highest BCUT2D eigenvalue weighted by Gasteiger charge is 2.53. The summed E-state index contributed by atoms with van der Waals surface area (Å²) in [5.41, 5.74) is 3.18. The number of aromatic nitrogens is 1. The number of aliphatic hydroxyl groups excluding tert-OH is 1. The Labute approximate surface area is 183 Å². The Morgan fingerprint density at radius 3 is 2.90 bits per heavy atom. The molecule has 6 rings (SSSR count). The molecule has 154 valence electrons. The van der Waals surface area contributed by atoms with Crippen molar-refractivity contribution in [1.29, 1.82) is 0 Å². The number of piperidine rings is 3. The maximum atomic E-state index is 11.7. The summed E-state index contributed by atoms with van der Waals surface area (Å²) in [6, 6.07) is 18.5. The third-order valence-corrected chi connectivity index (χ3v) is 7.66. The minimum absolute atomic E-state index is 0.157. The average Bonchev–Trinajstić information content (AvgIpc) is 2.78. The van der Waals surface area contributed by atoms with E-state index in [1.54, 1.807) is 0 Å². The zero-order chi connectivity index (χ0) is 20.7. The number of para-hydroxylation sites is 1. The van der Waals surface area contributed by atoms with Crippen molar-refractivity contribution < 1.29 is 9.59 Å². The Hall–Kier alpha value is -2.20. The topological polar surface area (TPSA) is 33.1 Å². The quantitative estimate of drug-likeness (QED) is 0.435. The molecule has 0 spiro atoms. The molecule has 3 aliphatic rings. The largest absolute Gasteiger partial charge is 0.382 e. The van der Waals surface area contributed by atoms with Gasteiger partial charge in [0.05, 0.1) is 18.6 Å². The third-order valence-electron chi connectivity index (χ3n) is 7.43. The van der Waals surface area contributed by atoms with Crippen LogP contribution in [0.25, 0.3) is 10.9 Å². The van der Waals surface area contributed by atoms with Gasteiger partial charge in [-0.15, -0.1) is 6.58 Å². The summed E-state index contributed by atoms with van der Waals surface area (Å²) in [4.78, 5) is 4.49. The van der Waals surface area contributed by atoms with Crippen molar-refractivity contribution in [3.63, 3.8) is 0 Å². The van der Waals surface area contributed by atoms with Gasteiger partial charge >= 0.3 is 0 Å². The van der Waals surface area contributed by atoms with Crippen LogP contribution < -0.4 is 0 Å². The number of aliphatic hydroxyl groups is 1. The Morgan fingerprint density at radius 1 is 1.20 bits per heavy atom. The van der Waals surface area contributed by atoms with Crippen LogP contribution in [-0.2, 0) is 6.54 Å². The van der Waals surface area contributed by atoms with Gasteiger partial charge in [0.1, 0.15) is 18.7 Å². The first kappa shape index (κ1) is 19.7. The number of quaternary nitrogens is 1. The smallest absolute Gasteiger partial charge is 0.131 e. The van der Waals surface area contributed by atoms with Crippen molar-refractivity contribution in [3.8, 4) is 0 Å². The van der Waals surface area contributed by atoms with Crippen molar-refractivity contribution in [3.05, 3.63) is 89.6 Å². The number of benzene rings is 2. The summed E-state index contributed by atoms with van der Waals surface area (Å²) in [5, 5.41) is 13.6. The van der Waals surface area contributed by atoms with Crippen LogP contribution in [0.1, 0.15) is 30.1 Å². The van der Waals surface area contributed by atoms with Gasteiger partial charge in [-0.1, -0.05) is 48.0 Å². The molecule has 5 atom stereocenters. The van der Waals surface area contributed by atoms with Gasteiger partial charge in [-0.3, -0.25) is 4.98 Å². The molecule has 2 bridgehead atoms. The minimum Gasteiger partial charge on any atom is -0.382 e. The first-order chi connectivity index (χ1) is 14.6. The molecule has 0 amide bonds. The normalized spacial score (nSPS) is 29.1. The Balaban J connectivity index is 1.56. The molecule has 3 nitrogen and oxygen atoms in total. The highest BCUT2D eigenvalue weighted by molar-refractivity contribution is 6.30. The van der Waals surface area contributed by atoms with Gasteiger partial charge in [-0.2, -0.15) is 0 Å². The van der Waals surface area contributed by atoms with E-state index in [-0.39, 0.29) is 6.04 Å². The second kappa shape index (κ2) is 7.81. The predicted molar refractivity (Wildman–Crippen MR) is 122 cm³/mol. The van der Waals surface area contributed by atoms with Crippen molar-refractivity contribution >= 4 is 22.5 Å². The zero-order valence-electron chi connectivity index (χ0n) is 17.1. The Bertz CT molecular complexity index is 1080. The van der Waals surface area contributed by atoms with Crippen molar-refractivity contribution in [2.24, 2.45) is 11.8 Å². The van der Waals surface area contributed by atoms with Crippen LogP contribution in [0, 0.1) is 11.8 Å². The molecular formula is C26H28ClN2O+. The molecular weight excluding hydrogens is 392 g/mol. The Morgan fingerprint density at radius 2 is 2.07 bits per heavy atom. The number of rotatable bonds is 5. The number of pyridine rings is 1. The standard InChI is InChI=1S/C26H28ClN2O/c1-2-19-17-29(16-18-6-5-7-21(27)14-18)13-11-20(19)15-25(29)26(30)23-10-12-28-24-9-4-3-8-22(23)24/h2-10,12,14,19-20,25-26,30H,1,11,13,15-17H2/q+1/t19-,20-,25+,26-,29?/m0/s1. The summed E-state index contributed by atoms with van der Waals surface area (Å²) in [5.74, 6) is 1.12. The van der Waals surface area contributed by atoms with Crippen LogP contribution in [0.3, 0.4) is 0 Å². The average molecular weight is 420 g/mol. The van der Waals surface area contributed by atoms with Crippen molar-refractivity contribution in [2.45, 2.75) is 31.5 Å². The molecule has 4 heterocycles. The number of hydrogen-bond acceptors (Lipinski definition) is 2. The summed E-state index contributed by atoms with van der Waals surface area (Å²) >= 11 is 6.30. The van der Waals surface area contributed by atoms with Gasteiger partial charge in [0.15, 0.2) is 0 Å². The lowest BCUT2D eigenvalue weighted by atomic mass is 9.71. The molecule has 0 radical (unpaired) electrons. The van der Waals surface area contributed by atoms with Crippen LogP contribution in [-0.4, -0.2) is 33.7 Å². The van der Waals surface area contributed by atoms with E-state index in [1.165, 1.54) is 12.0 Å². The van der Waals surface area contributed by atoms with Gasteiger partial charge in [-0.05, 0) is 35.7 Å². The summed E-state index contributed by atoms with van der Waals surface area (Å²) in [6.45, 7) is 7.14. The van der Waals surface area contributed by atoms with Crippen LogP contribution in [0.4, 0.5) is 0 Å². The summed E-state index contributed by atoms with van der Waals surface area (Å²) in [6.07, 6.45) is 5.66. The van der Waals surface area contributed by atoms with Gasteiger partial charge in [0, 0.05) is 40.9 Å². The van der Waals surface area contributed by atoms with E-state index in [0.717, 1.165) is 52.0 Å². The van der Waals surface area contributed by atoms with Gasteiger partial charge in [0.2, 0.25) is 0 Å². The van der Waals surface area contributed by atoms with Crippen LogP contribution in [0.2, 0.25) is 5.02 Å². The second-order valence-electron chi connectivity index (χ2n) is 9.03. The van der Waals surface area contributed by atoms with E-state index in [4.69, 9.17) is 11.6 Å². The monoisotopic (exact) mass is 419 g/mol. The van der Waals surface area contributed by atoms with Crippen molar-refractivity contribution in [1.82, 2.24) is 4.98 Å². The van der Waals surface area contributed by atoms with Crippen LogP contribution >= 0.6 is 11.6 Å². The second-order valence-corrected chi connectivity index (χ2v) is 9.46.